The third-order valence-electron chi connectivity index (χ3n) is 3.22. The Labute approximate surface area is 143 Å². The summed E-state index contributed by atoms with van der Waals surface area (Å²) in [5, 5.41) is 4.70. The number of hydrazone groups is 1. The van der Waals surface area contributed by atoms with Crippen LogP contribution in [0.5, 0.6) is 0 Å². The van der Waals surface area contributed by atoms with E-state index in [-0.39, 0.29) is 5.69 Å². The van der Waals surface area contributed by atoms with Gasteiger partial charge in [0.1, 0.15) is 0 Å². The van der Waals surface area contributed by atoms with Crippen LogP contribution in [0.4, 0.5) is 5.13 Å². The largest absolute Gasteiger partial charge is 0.464 e. The maximum atomic E-state index is 12.0. The van der Waals surface area contributed by atoms with Gasteiger partial charge in [-0.15, -0.1) is 0 Å². The lowest BCUT2D eigenvalue weighted by Crippen LogP contribution is -2.03. The molecule has 6 heteroatoms. The molecule has 24 heavy (non-hydrogen) atoms. The van der Waals surface area contributed by atoms with Gasteiger partial charge in [-0.3, -0.25) is 5.43 Å². The summed E-state index contributed by atoms with van der Waals surface area (Å²) >= 11 is 1.35. The number of anilines is 1. The number of carbonyl (C=O) groups is 1. The quantitative estimate of drug-likeness (QED) is 0.433. The van der Waals surface area contributed by atoms with Crippen molar-refractivity contribution >= 4 is 28.7 Å². The maximum Gasteiger partial charge on any atom is 0.358 e. The van der Waals surface area contributed by atoms with Gasteiger partial charge in [-0.2, -0.15) is 5.10 Å². The first-order valence-electron chi connectivity index (χ1n) is 7.26. The molecule has 5 nitrogen and oxygen atoms in total. The zero-order valence-corrected chi connectivity index (χ0v) is 13.8. The number of ether oxygens (including phenoxy) is 1. The molecule has 0 bridgehead atoms. The van der Waals surface area contributed by atoms with Crippen molar-refractivity contribution < 1.29 is 9.53 Å². The highest BCUT2D eigenvalue weighted by atomic mass is 32.1. The van der Waals surface area contributed by atoms with Gasteiger partial charge in [-0.05, 0) is 11.1 Å². The summed E-state index contributed by atoms with van der Waals surface area (Å²) in [5.74, 6) is -0.467. The first-order chi connectivity index (χ1) is 11.8. The normalized spacial score (nSPS) is 10.7. The van der Waals surface area contributed by atoms with Gasteiger partial charge >= 0.3 is 5.97 Å². The summed E-state index contributed by atoms with van der Waals surface area (Å²) in [7, 11) is 1.34. The fourth-order valence-electron chi connectivity index (χ4n) is 2.09. The molecule has 0 amide bonds. The van der Waals surface area contributed by atoms with Gasteiger partial charge in [0.25, 0.3) is 0 Å². The summed E-state index contributed by atoms with van der Waals surface area (Å²) in [5.41, 5.74) is 5.04. The van der Waals surface area contributed by atoms with Crippen LogP contribution in [0, 0.1) is 0 Å². The molecule has 0 unspecified atom stereocenters. The predicted molar refractivity (Wildman–Crippen MR) is 96.5 cm³/mol. The van der Waals surface area contributed by atoms with Crippen molar-refractivity contribution in [2.24, 2.45) is 5.10 Å². The molecule has 0 spiro atoms. The molecular weight excluding hydrogens is 322 g/mol. The fraction of sp³-hybridized carbons (Fsp3) is 0.0556. The molecule has 1 heterocycles. The SMILES string of the molecule is COC(=O)c1nc(N/N=C\c2ccccc2)sc1-c1ccccc1. The van der Waals surface area contributed by atoms with E-state index in [0.717, 1.165) is 16.0 Å². The van der Waals surface area contributed by atoms with Crippen LogP contribution in [-0.2, 0) is 4.74 Å². The van der Waals surface area contributed by atoms with Crippen molar-refractivity contribution in [3.63, 3.8) is 0 Å². The molecule has 0 aliphatic heterocycles. The van der Waals surface area contributed by atoms with Gasteiger partial charge in [-0.1, -0.05) is 72.0 Å². The average Bonchev–Trinajstić information content (AvgIpc) is 3.07. The third-order valence-corrected chi connectivity index (χ3v) is 4.22. The molecular formula is C18H15N3O2S. The van der Waals surface area contributed by atoms with E-state index in [2.05, 4.69) is 15.5 Å². The molecule has 0 radical (unpaired) electrons. The number of hydrogen-bond donors (Lipinski definition) is 1. The van der Waals surface area contributed by atoms with Crippen LogP contribution in [0.3, 0.4) is 0 Å². The maximum absolute atomic E-state index is 12.0. The highest BCUT2D eigenvalue weighted by Gasteiger charge is 2.19. The van der Waals surface area contributed by atoms with Crippen LogP contribution in [0.25, 0.3) is 10.4 Å². The molecule has 0 saturated carbocycles. The van der Waals surface area contributed by atoms with Crippen LogP contribution in [0.15, 0.2) is 65.8 Å². The Kier molecular flexibility index (Phi) is 4.98. The Hall–Kier alpha value is -2.99. The first kappa shape index (κ1) is 15.9. The number of nitrogens with zero attached hydrogens (tertiary/aromatic N) is 2. The molecule has 1 aromatic heterocycles. The van der Waals surface area contributed by atoms with Crippen molar-refractivity contribution in [3.8, 4) is 10.4 Å². The van der Waals surface area contributed by atoms with Crippen molar-refractivity contribution in [1.82, 2.24) is 4.98 Å². The van der Waals surface area contributed by atoms with Gasteiger partial charge in [0, 0.05) is 0 Å². The first-order valence-corrected chi connectivity index (χ1v) is 8.08. The summed E-state index contributed by atoms with van der Waals surface area (Å²) in [6.45, 7) is 0. The lowest BCUT2D eigenvalue weighted by molar-refractivity contribution is 0.0596. The Balaban J connectivity index is 1.86. The summed E-state index contributed by atoms with van der Waals surface area (Å²) < 4.78 is 4.82. The minimum Gasteiger partial charge on any atom is -0.464 e. The summed E-state index contributed by atoms with van der Waals surface area (Å²) in [6.07, 6.45) is 1.70. The van der Waals surface area contributed by atoms with Crippen LogP contribution >= 0.6 is 11.3 Å². The molecule has 3 rings (SSSR count). The summed E-state index contributed by atoms with van der Waals surface area (Å²) in [4.78, 5) is 17.0. The minimum atomic E-state index is -0.467. The molecule has 3 aromatic rings. The van der Waals surface area contributed by atoms with Gasteiger partial charge in [-0.25, -0.2) is 9.78 Å². The molecule has 2 aromatic carbocycles. The molecule has 0 fully saturated rings. The summed E-state index contributed by atoms with van der Waals surface area (Å²) in [6, 6.07) is 19.3. The Morgan fingerprint density at radius 2 is 1.79 bits per heavy atom. The molecule has 0 aliphatic rings. The number of rotatable bonds is 5. The second-order valence-electron chi connectivity index (χ2n) is 4.84. The average molecular weight is 337 g/mol. The second kappa shape index (κ2) is 7.52. The smallest absolute Gasteiger partial charge is 0.358 e. The predicted octanol–water partition coefficient (Wildman–Crippen LogP) is 4.04. The number of carbonyl (C=O) groups excluding carboxylic acids is 1. The van der Waals surface area contributed by atoms with E-state index < -0.39 is 5.97 Å². The van der Waals surface area contributed by atoms with E-state index in [1.54, 1.807) is 6.21 Å². The van der Waals surface area contributed by atoms with Crippen molar-refractivity contribution in [2.45, 2.75) is 0 Å². The van der Waals surface area contributed by atoms with Crippen LogP contribution < -0.4 is 5.43 Å². The van der Waals surface area contributed by atoms with Crippen LogP contribution in [0.2, 0.25) is 0 Å². The third kappa shape index (κ3) is 3.67. The Bertz CT molecular complexity index is 845. The van der Waals surface area contributed by atoms with Crippen molar-refractivity contribution in [1.29, 1.82) is 0 Å². The Morgan fingerprint density at radius 3 is 2.46 bits per heavy atom. The van der Waals surface area contributed by atoms with Crippen molar-refractivity contribution in [3.05, 3.63) is 71.9 Å². The van der Waals surface area contributed by atoms with E-state index in [9.17, 15) is 4.79 Å². The number of esters is 1. The van der Waals surface area contributed by atoms with E-state index >= 15 is 0 Å². The minimum absolute atomic E-state index is 0.283. The standard InChI is InChI=1S/C18H15N3O2S/c1-23-17(22)15-16(14-10-6-3-7-11-14)24-18(20-15)21-19-12-13-8-4-2-5-9-13/h2-12H,1H3,(H,20,21)/b19-12-. The van der Waals surface area contributed by atoms with Crippen LogP contribution in [-0.4, -0.2) is 24.3 Å². The zero-order valence-electron chi connectivity index (χ0n) is 13.0. The monoisotopic (exact) mass is 337 g/mol. The highest BCUT2D eigenvalue weighted by molar-refractivity contribution is 7.19. The molecule has 0 aliphatic carbocycles. The van der Waals surface area contributed by atoms with E-state index in [1.165, 1.54) is 18.4 Å². The van der Waals surface area contributed by atoms with Crippen molar-refractivity contribution in [2.75, 3.05) is 12.5 Å². The zero-order chi connectivity index (χ0) is 16.8. The molecule has 0 atom stereocenters. The highest BCUT2D eigenvalue weighted by Crippen LogP contribution is 2.33. The van der Waals surface area contributed by atoms with Crippen LogP contribution in [0.1, 0.15) is 16.1 Å². The lowest BCUT2D eigenvalue weighted by Gasteiger charge is -1.99. The van der Waals surface area contributed by atoms with E-state index in [4.69, 9.17) is 4.74 Å². The fourth-order valence-corrected chi connectivity index (χ4v) is 3.00. The van der Waals surface area contributed by atoms with Gasteiger partial charge in [0.15, 0.2) is 5.69 Å². The number of nitrogens with one attached hydrogen (secondary N) is 1. The number of aromatic nitrogens is 1. The molecule has 120 valence electrons. The molecule has 0 saturated heterocycles. The number of benzene rings is 2. The molecule has 1 N–H and O–H groups in total. The lowest BCUT2D eigenvalue weighted by atomic mass is 10.1. The number of hydrogen-bond acceptors (Lipinski definition) is 6. The van der Waals surface area contributed by atoms with Gasteiger partial charge in [0.05, 0.1) is 18.2 Å². The topological polar surface area (TPSA) is 63.6 Å². The van der Waals surface area contributed by atoms with Gasteiger partial charge < -0.3 is 4.74 Å². The Morgan fingerprint density at radius 1 is 1.12 bits per heavy atom. The van der Waals surface area contributed by atoms with E-state index in [0.29, 0.717) is 5.13 Å². The van der Waals surface area contributed by atoms with E-state index in [1.807, 2.05) is 60.7 Å². The number of thiazole rings is 1. The second-order valence-corrected chi connectivity index (χ2v) is 5.83. The number of methoxy groups -OCH3 is 1. The van der Waals surface area contributed by atoms with Gasteiger partial charge in [0.2, 0.25) is 5.13 Å².